The molecule has 1 N–H and O–H groups in total. The van der Waals surface area contributed by atoms with Gasteiger partial charge in [0.2, 0.25) is 0 Å². The second-order valence-corrected chi connectivity index (χ2v) is 5.64. The Bertz CT molecular complexity index is 684. The molecule has 0 radical (unpaired) electrons. The minimum absolute atomic E-state index is 0.300. The summed E-state index contributed by atoms with van der Waals surface area (Å²) < 4.78 is 15.8. The molecule has 5 heteroatoms. The van der Waals surface area contributed by atoms with Crippen molar-refractivity contribution in [2.75, 3.05) is 13.7 Å². The van der Waals surface area contributed by atoms with Gasteiger partial charge in [-0.15, -0.1) is 0 Å². The van der Waals surface area contributed by atoms with Gasteiger partial charge in [0.25, 0.3) is 0 Å². The van der Waals surface area contributed by atoms with Gasteiger partial charge >= 0.3 is 5.97 Å². The molecular formula is C20H24O5. The lowest BCUT2D eigenvalue weighted by molar-refractivity contribution is -0.162. The highest BCUT2D eigenvalue weighted by molar-refractivity contribution is 5.75. The first kappa shape index (κ1) is 19.0. The number of benzene rings is 2. The average molecular weight is 344 g/mol. The monoisotopic (exact) mass is 344 g/mol. The molecule has 0 fully saturated rings. The molecule has 0 aliphatic heterocycles. The van der Waals surface area contributed by atoms with E-state index in [1.807, 2.05) is 43.3 Å². The molecule has 0 bridgehead atoms. The number of aryl methyl sites for hydroxylation is 1. The Morgan fingerprint density at radius 1 is 1.16 bits per heavy atom. The van der Waals surface area contributed by atoms with Gasteiger partial charge < -0.3 is 19.3 Å². The number of rotatable bonds is 8. The zero-order chi connectivity index (χ0) is 18.2. The smallest absolute Gasteiger partial charge is 0.338 e. The zero-order valence-electron chi connectivity index (χ0n) is 14.8. The van der Waals surface area contributed by atoms with Gasteiger partial charge in [0, 0.05) is 6.61 Å². The lowest BCUT2D eigenvalue weighted by atomic mass is 9.99. The number of aliphatic hydroxyl groups is 1. The highest BCUT2D eigenvalue weighted by Crippen LogP contribution is 2.27. The van der Waals surface area contributed by atoms with Crippen molar-refractivity contribution in [3.8, 4) is 5.75 Å². The van der Waals surface area contributed by atoms with E-state index in [0.29, 0.717) is 24.5 Å². The van der Waals surface area contributed by atoms with Crippen LogP contribution in [-0.4, -0.2) is 30.9 Å². The van der Waals surface area contributed by atoms with E-state index in [1.165, 1.54) is 7.11 Å². The Balaban J connectivity index is 2.10. The Morgan fingerprint density at radius 3 is 2.48 bits per heavy atom. The fraction of sp³-hybridized carbons (Fsp3) is 0.350. The predicted molar refractivity (Wildman–Crippen MR) is 94.3 cm³/mol. The van der Waals surface area contributed by atoms with Crippen LogP contribution in [-0.2, 0) is 20.9 Å². The number of methoxy groups -OCH3 is 1. The van der Waals surface area contributed by atoms with Crippen molar-refractivity contribution >= 4 is 5.97 Å². The van der Waals surface area contributed by atoms with E-state index < -0.39 is 18.2 Å². The van der Waals surface area contributed by atoms with Crippen LogP contribution in [0.1, 0.15) is 29.7 Å². The van der Waals surface area contributed by atoms with E-state index in [0.717, 1.165) is 11.1 Å². The molecule has 0 aromatic heterocycles. The molecule has 0 heterocycles. The first-order chi connectivity index (χ1) is 12.1. The fourth-order valence-corrected chi connectivity index (χ4v) is 2.56. The van der Waals surface area contributed by atoms with Crippen molar-refractivity contribution in [2.24, 2.45) is 0 Å². The van der Waals surface area contributed by atoms with Gasteiger partial charge in [0.15, 0.2) is 6.10 Å². The topological polar surface area (TPSA) is 65.0 Å². The van der Waals surface area contributed by atoms with E-state index in [2.05, 4.69) is 0 Å². The molecule has 25 heavy (non-hydrogen) atoms. The minimum Gasteiger partial charge on any atom is -0.489 e. The summed E-state index contributed by atoms with van der Waals surface area (Å²) in [5.41, 5.74) is 2.49. The average Bonchev–Trinajstić information content (AvgIpc) is 2.64. The van der Waals surface area contributed by atoms with E-state index >= 15 is 0 Å². The van der Waals surface area contributed by atoms with Crippen LogP contribution >= 0.6 is 0 Å². The van der Waals surface area contributed by atoms with Crippen LogP contribution < -0.4 is 4.74 Å². The van der Waals surface area contributed by atoms with Crippen molar-refractivity contribution in [2.45, 2.75) is 32.7 Å². The van der Waals surface area contributed by atoms with Gasteiger partial charge in [-0.25, -0.2) is 4.79 Å². The van der Waals surface area contributed by atoms with Crippen molar-refractivity contribution in [3.05, 3.63) is 65.2 Å². The van der Waals surface area contributed by atoms with Crippen LogP contribution in [0.25, 0.3) is 0 Å². The van der Waals surface area contributed by atoms with Gasteiger partial charge in [0.1, 0.15) is 18.5 Å². The van der Waals surface area contributed by atoms with Gasteiger partial charge in [-0.1, -0.05) is 36.4 Å². The summed E-state index contributed by atoms with van der Waals surface area (Å²) >= 11 is 0. The number of carbonyl (C=O) groups is 1. The third kappa shape index (κ3) is 5.05. The Labute approximate surface area is 148 Å². The molecule has 0 spiro atoms. The number of aliphatic hydroxyl groups excluding tert-OH is 1. The van der Waals surface area contributed by atoms with Crippen molar-refractivity contribution in [3.63, 3.8) is 0 Å². The number of carbonyl (C=O) groups excluding carboxylic acids is 1. The highest BCUT2D eigenvalue weighted by atomic mass is 16.6. The molecule has 2 aromatic rings. The number of hydrogen-bond donors (Lipinski definition) is 1. The maximum atomic E-state index is 11.8. The lowest BCUT2D eigenvalue weighted by Gasteiger charge is -2.22. The largest absolute Gasteiger partial charge is 0.489 e. The maximum Gasteiger partial charge on any atom is 0.338 e. The molecule has 0 aliphatic carbocycles. The second kappa shape index (κ2) is 9.20. The summed E-state index contributed by atoms with van der Waals surface area (Å²) in [6, 6.07) is 15.2. The predicted octanol–water partition coefficient (Wildman–Crippen LogP) is 3.19. The van der Waals surface area contributed by atoms with Crippen LogP contribution in [0.15, 0.2) is 48.5 Å². The zero-order valence-corrected chi connectivity index (χ0v) is 14.8. The van der Waals surface area contributed by atoms with Gasteiger partial charge in [0.05, 0.1) is 7.11 Å². The number of esters is 1. The van der Waals surface area contributed by atoms with Crippen molar-refractivity contribution in [1.29, 1.82) is 0 Å². The summed E-state index contributed by atoms with van der Waals surface area (Å²) in [5, 5.41) is 10.5. The number of ether oxygens (including phenoxy) is 3. The molecule has 2 atom stereocenters. The van der Waals surface area contributed by atoms with Gasteiger partial charge in [-0.05, 0) is 42.7 Å². The Hall–Kier alpha value is -2.37. The Morgan fingerprint density at radius 2 is 1.88 bits per heavy atom. The van der Waals surface area contributed by atoms with E-state index in [9.17, 15) is 9.90 Å². The van der Waals surface area contributed by atoms with Crippen LogP contribution in [0.4, 0.5) is 0 Å². The van der Waals surface area contributed by atoms with Crippen molar-refractivity contribution < 1.29 is 24.1 Å². The van der Waals surface area contributed by atoms with E-state index in [-0.39, 0.29) is 0 Å². The molecule has 0 amide bonds. The first-order valence-corrected chi connectivity index (χ1v) is 8.21. The second-order valence-electron chi connectivity index (χ2n) is 5.64. The lowest BCUT2D eigenvalue weighted by Crippen LogP contribution is -2.32. The summed E-state index contributed by atoms with van der Waals surface area (Å²) in [6.45, 7) is 4.38. The molecule has 2 rings (SSSR count). The normalized spacial score (nSPS) is 13.1. The third-order valence-electron chi connectivity index (χ3n) is 3.87. The molecule has 0 saturated heterocycles. The summed E-state index contributed by atoms with van der Waals surface area (Å²) in [5.74, 6) is 0.0986. The van der Waals surface area contributed by atoms with Crippen LogP contribution in [0.2, 0.25) is 0 Å². The summed E-state index contributed by atoms with van der Waals surface area (Å²) in [6.07, 6.45) is -2.15. The van der Waals surface area contributed by atoms with E-state index in [1.54, 1.807) is 19.1 Å². The van der Waals surface area contributed by atoms with Crippen LogP contribution in [0.5, 0.6) is 5.75 Å². The van der Waals surface area contributed by atoms with Gasteiger partial charge in [-0.2, -0.15) is 0 Å². The third-order valence-corrected chi connectivity index (χ3v) is 3.87. The first-order valence-electron chi connectivity index (χ1n) is 8.21. The molecule has 0 unspecified atom stereocenters. The van der Waals surface area contributed by atoms with Crippen molar-refractivity contribution in [1.82, 2.24) is 0 Å². The molecule has 2 aromatic carbocycles. The van der Waals surface area contributed by atoms with Gasteiger partial charge in [-0.3, -0.25) is 0 Å². The SMILES string of the molecule is CCO[C@H](C(=O)OC)[C@H](O)c1ccc(OCc2ccccc2)cc1C. The summed E-state index contributed by atoms with van der Waals surface area (Å²) in [7, 11) is 1.27. The highest BCUT2D eigenvalue weighted by Gasteiger charge is 2.30. The van der Waals surface area contributed by atoms with Crippen LogP contribution in [0.3, 0.4) is 0 Å². The molecule has 5 nitrogen and oxygen atoms in total. The molecule has 0 aliphatic rings. The maximum absolute atomic E-state index is 11.8. The molecule has 0 saturated carbocycles. The molecule has 134 valence electrons. The standard InChI is InChI=1S/C20H24O5/c1-4-24-19(20(22)23-3)18(21)17-11-10-16(12-14(17)2)25-13-15-8-6-5-7-9-15/h5-12,18-19,21H,4,13H2,1-3H3/t18-,19+/m1/s1. The number of hydrogen-bond acceptors (Lipinski definition) is 5. The fourth-order valence-electron chi connectivity index (χ4n) is 2.56. The quantitative estimate of drug-likeness (QED) is 0.745. The van der Waals surface area contributed by atoms with Crippen LogP contribution in [0, 0.1) is 6.92 Å². The Kier molecular flexibility index (Phi) is 6.98. The minimum atomic E-state index is -1.10. The van der Waals surface area contributed by atoms with E-state index in [4.69, 9.17) is 14.2 Å². The molecular weight excluding hydrogens is 320 g/mol. The summed E-state index contributed by atoms with van der Waals surface area (Å²) in [4.78, 5) is 11.8.